The third-order valence-corrected chi connectivity index (χ3v) is 5.38. The van der Waals surface area contributed by atoms with E-state index in [2.05, 4.69) is 10.2 Å². The molecule has 0 saturated carbocycles. The molecule has 2 heterocycles. The number of halogens is 3. The highest BCUT2D eigenvalue weighted by molar-refractivity contribution is 7.98. The zero-order chi connectivity index (χ0) is 19.7. The lowest BCUT2D eigenvalue weighted by atomic mass is 10.2. The molecular weight excluding hydrogens is 404 g/mol. The zero-order valence-corrected chi connectivity index (χ0v) is 16.3. The summed E-state index contributed by atoms with van der Waals surface area (Å²) in [6.45, 7) is 1.93. The van der Waals surface area contributed by atoms with E-state index < -0.39 is 11.6 Å². The van der Waals surface area contributed by atoms with Crippen molar-refractivity contribution in [1.82, 2.24) is 14.8 Å². The molecular formula is C20H14ClF2N3OS. The predicted octanol–water partition coefficient (Wildman–Crippen LogP) is 6.06. The highest BCUT2D eigenvalue weighted by atomic mass is 35.5. The van der Waals surface area contributed by atoms with Crippen LogP contribution in [0.25, 0.3) is 17.3 Å². The second kappa shape index (κ2) is 7.77. The molecule has 4 nitrogen and oxygen atoms in total. The molecule has 0 unspecified atom stereocenters. The molecule has 8 heteroatoms. The Morgan fingerprint density at radius 1 is 1.07 bits per heavy atom. The third-order valence-electron chi connectivity index (χ3n) is 4.19. The topological polar surface area (TPSA) is 43.9 Å². The third kappa shape index (κ3) is 3.55. The highest BCUT2D eigenvalue weighted by Gasteiger charge is 2.20. The summed E-state index contributed by atoms with van der Waals surface area (Å²) < 4.78 is 35.2. The van der Waals surface area contributed by atoms with Gasteiger partial charge in [-0.3, -0.25) is 4.57 Å². The minimum Gasteiger partial charge on any atom is -0.461 e. The SMILES string of the molecule is Cc1ccc(Cl)cc1-n1c(SCc2c(F)cccc2F)nnc1-c1ccco1. The zero-order valence-electron chi connectivity index (χ0n) is 14.7. The van der Waals surface area contributed by atoms with Gasteiger partial charge in [0.2, 0.25) is 5.82 Å². The first-order valence-electron chi connectivity index (χ1n) is 8.36. The van der Waals surface area contributed by atoms with Crippen LogP contribution in [-0.2, 0) is 5.75 Å². The van der Waals surface area contributed by atoms with Crippen LogP contribution < -0.4 is 0 Å². The molecule has 0 fully saturated rings. The fraction of sp³-hybridized carbons (Fsp3) is 0.100. The summed E-state index contributed by atoms with van der Waals surface area (Å²) in [6, 6.07) is 12.8. The minimum atomic E-state index is -0.594. The van der Waals surface area contributed by atoms with Gasteiger partial charge in [-0.15, -0.1) is 10.2 Å². The number of thioether (sulfide) groups is 1. The van der Waals surface area contributed by atoms with E-state index in [1.165, 1.54) is 30.0 Å². The fourth-order valence-electron chi connectivity index (χ4n) is 2.78. The molecule has 0 aliphatic heterocycles. The van der Waals surface area contributed by atoms with E-state index in [0.717, 1.165) is 11.3 Å². The maximum atomic E-state index is 14.0. The molecule has 2 aromatic carbocycles. The lowest BCUT2D eigenvalue weighted by Crippen LogP contribution is -2.02. The van der Waals surface area contributed by atoms with E-state index in [4.69, 9.17) is 16.0 Å². The van der Waals surface area contributed by atoms with E-state index in [1.54, 1.807) is 35.1 Å². The van der Waals surface area contributed by atoms with Gasteiger partial charge in [-0.2, -0.15) is 0 Å². The van der Waals surface area contributed by atoms with Gasteiger partial charge < -0.3 is 4.42 Å². The summed E-state index contributed by atoms with van der Waals surface area (Å²) in [5.41, 5.74) is 1.70. The van der Waals surface area contributed by atoms with Crippen molar-refractivity contribution in [2.24, 2.45) is 0 Å². The van der Waals surface area contributed by atoms with Crippen LogP contribution in [0.3, 0.4) is 0 Å². The van der Waals surface area contributed by atoms with Gasteiger partial charge in [-0.25, -0.2) is 8.78 Å². The Labute approximate surface area is 169 Å². The number of benzene rings is 2. The van der Waals surface area contributed by atoms with Crippen molar-refractivity contribution in [3.63, 3.8) is 0 Å². The number of hydrogen-bond donors (Lipinski definition) is 0. The summed E-state index contributed by atoms with van der Waals surface area (Å²) in [5, 5.41) is 9.48. The number of rotatable bonds is 5. The van der Waals surface area contributed by atoms with Gasteiger partial charge in [0.1, 0.15) is 11.6 Å². The second-order valence-corrected chi connectivity index (χ2v) is 7.42. The summed E-state index contributed by atoms with van der Waals surface area (Å²) in [5.74, 6) is -0.121. The molecule has 0 N–H and O–H groups in total. The van der Waals surface area contributed by atoms with Gasteiger partial charge in [0, 0.05) is 16.3 Å². The van der Waals surface area contributed by atoms with Crippen LogP contribution in [0.5, 0.6) is 0 Å². The minimum absolute atomic E-state index is 0.00980. The van der Waals surface area contributed by atoms with Crippen molar-refractivity contribution in [2.45, 2.75) is 17.8 Å². The molecule has 0 bridgehead atoms. The molecule has 142 valence electrons. The van der Waals surface area contributed by atoms with Gasteiger partial charge in [0.15, 0.2) is 10.9 Å². The normalized spacial score (nSPS) is 11.1. The smallest absolute Gasteiger partial charge is 0.205 e. The quantitative estimate of drug-likeness (QED) is 0.370. The first kappa shape index (κ1) is 18.7. The van der Waals surface area contributed by atoms with Gasteiger partial charge in [0.05, 0.1) is 12.0 Å². The first-order chi connectivity index (χ1) is 13.5. The molecule has 2 aromatic heterocycles. The van der Waals surface area contributed by atoms with E-state index in [0.29, 0.717) is 21.8 Å². The highest BCUT2D eigenvalue weighted by Crippen LogP contribution is 2.33. The average molecular weight is 418 g/mol. The number of hydrogen-bond acceptors (Lipinski definition) is 4. The molecule has 0 saturated heterocycles. The Bertz CT molecular complexity index is 1110. The molecule has 0 radical (unpaired) electrons. The second-order valence-electron chi connectivity index (χ2n) is 6.04. The van der Waals surface area contributed by atoms with Crippen molar-refractivity contribution >= 4 is 23.4 Å². The Hall–Kier alpha value is -2.64. The van der Waals surface area contributed by atoms with Crippen molar-refractivity contribution in [3.8, 4) is 17.3 Å². The van der Waals surface area contributed by atoms with Crippen molar-refractivity contribution in [1.29, 1.82) is 0 Å². The molecule has 4 aromatic rings. The van der Waals surface area contributed by atoms with E-state index in [9.17, 15) is 8.78 Å². The molecule has 0 spiro atoms. The lowest BCUT2D eigenvalue weighted by molar-refractivity contribution is 0.566. The summed E-state index contributed by atoms with van der Waals surface area (Å²) >= 11 is 7.37. The Morgan fingerprint density at radius 3 is 2.57 bits per heavy atom. The Balaban J connectivity index is 1.79. The van der Waals surface area contributed by atoms with Crippen molar-refractivity contribution in [3.05, 3.63) is 82.6 Å². The number of nitrogens with zero attached hydrogens (tertiary/aromatic N) is 3. The summed E-state index contributed by atoms with van der Waals surface area (Å²) in [6.07, 6.45) is 1.54. The van der Waals surface area contributed by atoms with Crippen LogP contribution >= 0.6 is 23.4 Å². The Kier molecular flexibility index (Phi) is 5.19. The number of furan rings is 1. The molecule has 0 amide bonds. The van der Waals surface area contributed by atoms with Crippen LogP contribution in [-0.4, -0.2) is 14.8 Å². The standard InChI is InChI=1S/C20H14ClF2N3OS/c1-12-7-8-13(21)10-17(12)26-19(18-6-3-9-27-18)24-25-20(26)28-11-14-15(22)4-2-5-16(14)23/h2-10H,11H2,1H3. The van der Waals surface area contributed by atoms with Crippen LogP contribution in [0.1, 0.15) is 11.1 Å². The molecule has 0 aliphatic carbocycles. The number of aromatic nitrogens is 3. The van der Waals surface area contributed by atoms with E-state index >= 15 is 0 Å². The molecule has 28 heavy (non-hydrogen) atoms. The average Bonchev–Trinajstić information content (AvgIpc) is 3.33. The lowest BCUT2D eigenvalue weighted by Gasteiger charge is -2.12. The largest absolute Gasteiger partial charge is 0.461 e. The van der Waals surface area contributed by atoms with Crippen LogP contribution in [0.15, 0.2) is 64.4 Å². The summed E-state index contributed by atoms with van der Waals surface area (Å²) in [4.78, 5) is 0. The van der Waals surface area contributed by atoms with Crippen molar-refractivity contribution < 1.29 is 13.2 Å². The molecule has 0 atom stereocenters. The number of aryl methyl sites for hydroxylation is 1. The maximum Gasteiger partial charge on any atom is 0.205 e. The van der Waals surface area contributed by atoms with Crippen molar-refractivity contribution in [2.75, 3.05) is 0 Å². The predicted molar refractivity (Wildman–Crippen MR) is 105 cm³/mol. The fourth-order valence-corrected chi connectivity index (χ4v) is 3.90. The van der Waals surface area contributed by atoms with Crippen LogP contribution in [0.2, 0.25) is 5.02 Å². The van der Waals surface area contributed by atoms with Gasteiger partial charge >= 0.3 is 0 Å². The van der Waals surface area contributed by atoms with Gasteiger partial charge in [-0.05, 0) is 48.9 Å². The van der Waals surface area contributed by atoms with Crippen LogP contribution in [0.4, 0.5) is 8.78 Å². The first-order valence-corrected chi connectivity index (χ1v) is 9.72. The van der Waals surface area contributed by atoms with E-state index in [-0.39, 0.29) is 11.3 Å². The van der Waals surface area contributed by atoms with Gasteiger partial charge in [0.25, 0.3) is 0 Å². The Morgan fingerprint density at radius 2 is 1.86 bits per heavy atom. The summed E-state index contributed by atoms with van der Waals surface area (Å²) in [7, 11) is 0. The van der Waals surface area contributed by atoms with Crippen LogP contribution in [0, 0.1) is 18.6 Å². The van der Waals surface area contributed by atoms with Gasteiger partial charge in [-0.1, -0.05) is 35.5 Å². The molecule has 4 rings (SSSR count). The molecule has 0 aliphatic rings. The van der Waals surface area contributed by atoms with E-state index in [1.807, 2.05) is 13.0 Å². The monoisotopic (exact) mass is 417 g/mol. The maximum absolute atomic E-state index is 14.0.